The summed E-state index contributed by atoms with van der Waals surface area (Å²) in [5, 5.41) is 2.84. The predicted molar refractivity (Wildman–Crippen MR) is 93.6 cm³/mol. The molecule has 0 unspecified atom stereocenters. The minimum absolute atomic E-state index is 0.0846. The van der Waals surface area contributed by atoms with E-state index in [2.05, 4.69) is 5.32 Å². The number of hydrogen-bond donors (Lipinski definition) is 1. The maximum atomic E-state index is 13.9. The van der Waals surface area contributed by atoms with Crippen LogP contribution in [0.15, 0.2) is 42.5 Å². The molecule has 2 amide bonds. The molecular formula is C19H21FN2O2. The number of nitrogens with one attached hydrogen (secondary N) is 1. The lowest BCUT2D eigenvalue weighted by Gasteiger charge is -2.21. The molecule has 0 spiro atoms. The molecule has 0 radical (unpaired) electrons. The molecule has 126 valence electrons. The first-order chi connectivity index (χ1) is 11.4. The zero-order chi connectivity index (χ0) is 17.7. The topological polar surface area (TPSA) is 49.4 Å². The number of amides is 2. The van der Waals surface area contributed by atoms with Gasteiger partial charge in [0.1, 0.15) is 5.82 Å². The Kier molecular flexibility index (Phi) is 5.68. The van der Waals surface area contributed by atoms with Crippen LogP contribution in [0, 0.1) is 19.7 Å². The fourth-order valence-corrected chi connectivity index (χ4v) is 2.41. The van der Waals surface area contributed by atoms with Crippen LogP contribution in [-0.4, -0.2) is 18.4 Å². The van der Waals surface area contributed by atoms with Crippen LogP contribution in [0.25, 0.3) is 0 Å². The summed E-state index contributed by atoms with van der Waals surface area (Å²) in [5.41, 5.74) is 2.95. The van der Waals surface area contributed by atoms with Crippen LogP contribution in [0.5, 0.6) is 0 Å². The second-order valence-corrected chi connectivity index (χ2v) is 5.74. The maximum Gasteiger partial charge on any atom is 0.226 e. The van der Waals surface area contributed by atoms with E-state index in [0.29, 0.717) is 0 Å². The van der Waals surface area contributed by atoms with Gasteiger partial charge in [-0.05, 0) is 43.2 Å². The van der Waals surface area contributed by atoms with Gasteiger partial charge < -0.3 is 10.2 Å². The molecule has 24 heavy (non-hydrogen) atoms. The third-order valence-corrected chi connectivity index (χ3v) is 3.75. The molecular weight excluding hydrogens is 307 g/mol. The van der Waals surface area contributed by atoms with Crippen LogP contribution in [0.2, 0.25) is 0 Å². The van der Waals surface area contributed by atoms with E-state index in [9.17, 15) is 14.0 Å². The van der Waals surface area contributed by atoms with Crippen LogP contribution in [-0.2, 0) is 9.59 Å². The smallest absolute Gasteiger partial charge is 0.226 e. The number of benzene rings is 2. The van der Waals surface area contributed by atoms with Gasteiger partial charge in [-0.15, -0.1) is 0 Å². The fraction of sp³-hybridized carbons (Fsp3) is 0.263. The Morgan fingerprint density at radius 1 is 1.12 bits per heavy atom. The number of para-hydroxylation sites is 1. The SMILES string of the molecule is CC(=O)N(CCC(=O)Nc1cc(C)ccc1C)c1ccccc1F. The minimum atomic E-state index is -0.484. The highest BCUT2D eigenvalue weighted by Crippen LogP contribution is 2.20. The molecule has 4 nitrogen and oxygen atoms in total. The molecule has 0 aliphatic carbocycles. The molecule has 0 heterocycles. The monoisotopic (exact) mass is 328 g/mol. The lowest BCUT2D eigenvalue weighted by molar-refractivity contribution is -0.117. The Morgan fingerprint density at radius 2 is 1.83 bits per heavy atom. The lowest BCUT2D eigenvalue weighted by Crippen LogP contribution is -2.32. The summed E-state index contributed by atoms with van der Waals surface area (Å²) in [7, 11) is 0. The summed E-state index contributed by atoms with van der Waals surface area (Å²) in [6.45, 7) is 5.34. The van der Waals surface area contributed by atoms with Crippen molar-refractivity contribution in [3.8, 4) is 0 Å². The minimum Gasteiger partial charge on any atom is -0.326 e. The largest absolute Gasteiger partial charge is 0.326 e. The molecule has 0 aliphatic heterocycles. The molecule has 5 heteroatoms. The van der Waals surface area contributed by atoms with Gasteiger partial charge in [0.25, 0.3) is 0 Å². The third-order valence-electron chi connectivity index (χ3n) is 3.75. The van der Waals surface area contributed by atoms with Gasteiger partial charge in [-0.2, -0.15) is 0 Å². The van der Waals surface area contributed by atoms with Crippen LogP contribution in [0.4, 0.5) is 15.8 Å². The van der Waals surface area contributed by atoms with Crippen molar-refractivity contribution in [3.63, 3.8) is 0 Å². The van der Waals surface area contributed by atoms with Crippen molar-refractivity contribution >= 4 is 23.2 Å². The van der Waals surface area contributed by atoms with Crippen molar-refractivity contribution < 1.29 is 14.0 Å². The van der Waals surface area contributed by atoms with Crippen molar-refractivity contribution in [2.45, 2.75) is 27.2 Å². The van der Waals surface area contributed by atoms with Gasteiger partial charge >= 0.3 is 0 Å². The zero-order valence-electron chi connectivity index (χ0n) is 14.1. The molecule has 0 saturated carbocycles. The third kappa shape index (κ3) is 4.41. The number of aryl methyl sites for hydroxylation is 2. The summed E-state index contributed by atoms with van der Waals surface area (Å²) in [6.07, 6.45) is 0.0846. The lowest BCUT2D eigenvalue weighted by atomic mass is 10.1. The molecule has 2 aromatic carbocycles. The number of halogens is 1. The van der Waals surface area contributed by atoms with E-state index < -0.39 is 5.82 Å². The number of anilines is 2. The quantitative estimate of drug-likeness (QED) is 0.907. The molecule has 0 aromatic heterocycles. The van der Waals surface area contributed by atoms with Crippen LogP contribution >= 0.6 is 0 Å². The normalized spacial score (nSPS) is 10.3. The summed E-state index contributed by atoms with van der Waals surface area (Å²) < 4.78 is 13.9. The number of rotatable bonds is 5. The second kappa shape index (κ2) is 7.73. The van der Waals surface area contributed by atoms with Crippen molar-refractivity contribution in [3.05, 3.63) is 59.4 Å². The Labute approximate surface area is 141 Å². The highest BCUT2D eigenvalue weighted by atomic mass is 19.1. The van der Waals surface area contributed by atoms with E-state index in [4.69, 9.17) is 0 Å². The Balaban J connectivity index is 2.04. The molecule has 0 aliphatic rings. The van der Waals surface area contributed by atoms with E-state index in [0.717, 1.165) is 16.8 Å². The second-order valence-electron chi connectivity index (χ2n) is 5.74. The molecule has 2 aromatic rings. The molecule has 0 atom stereocenters. The summed E-state index contributed by atoms with van der Waals surface area (Å²) >= 11 is 0. The Morgan fingerprint density at radius 3 is 2.50 bits per heavy atom. The number of carbonyl (C=O) groups excluding carboxylic acids is 2. The Hall–Kier alpha value is -2.69. The average molecular weight is 328 g/mol. The average Bonchev–Trinajstić information content (AvgIpc) is 2.52. The van der Waals surface area contributed by atoms with Crippen LogP contribution in [0.1, 0.15) is 24.5 Å². The van der Waals surface area contributed by atoms with Crippen molar-refractivity contribution in [1.29, 1.82) is 0 Å². The van der Waals surface area contributed by atoms with E-state index in [1.807, 2.05) is 32.0 Å². The van der Waals surface area contributed by atoms with Gasteiger partial charge in [-0.25, -0.2) is 4.39 Å². The summed E-state index contributed by atoms with van der Waals surface area (Å²) in [5.74, 6) is -1.01. The number of nitrogens with zero attached hydrogens (tertiary/aromatic N) is 1. The van der Waals surface area contributed by atoms with Gasteiger partial charge in [0.05, 0.1) is 5.69 Å². The predicted octanol–water partition coefficient (Wildman–Crippen LogP) is 3.82. The van der Waals surface area contributed by atoms with E-state index in [1.54, 1.807) is 12.1 Å². The first-order valence-electron chi connectivity index (χ1n) is 7.78. The first-order valence-corrected chi connectivity index (χ1v) is 7.78. The van der Waals surface area contributed by atoms with Gasteiger partial charge in [0.15, 0.2) is 0 Å². The van der Waals surface area contributed by atoms with Crippen molar-refractivity contribution in [1.82, 2.24) is 0 Å². The van der Waals surface area contributed by atoms with E-state index >= 15 is 0 Å². The van der Waals surface area contributed by atoms with Crippen molar-refractivity contribution in [2.24, 2.45) is 0 Å². The molecule has 0 bridgehead atoms. The summed E-state index contributed by atoms with van der Waals surface area (Å²) in [4.78, 5) is 25.2. The fourth-order valence-electron chi connectivity index (χ4n) is 2.41. The van der Waals surface area contributed by atoms with Crippen LogP contribution < -0.4 is 10.2 Å². The van der Waals surface area contributed by atoms with Gasteiger partial charge in [-0.1, -0.05) is 24.3 Å². The highest BCUT2D eigenvalue weighted by molar-refractivity contribution is 5.95. The van der Waals surface area contributed by atoms with E-state index in [1.165, 1.54) is 24.0 Å². The van der Waals surface area contributed by atoms with Crippen LogP contribution in [0.3, 0.4) is 0 Å². The van der Waals surface area contributed by atoms with Gasteiger partial charge in [0, 0.05) is 25.6 Å². The van der Waals surface area contributed by atoms with Gasteiger partial charge in [0.2, 0.25) is 11.8 Å². The molecule has 0 saturated heterocycles. The number of carbonyl (C=O) groups is 2. The summed E-state index contributed by atoms with van der Waals surface area (Å²) in [6, 6.07) is 11.8. The first kappa shape index (κ1) is 17.7. The maximum absolute atomic E-state index is 13.9. The van der Waals surface area contributed by atoms with E-state index in [-0.39, 0.29) is 30.5 Å². The van der Waals surface area contributed by atoms with Gasteiger partial charge in [-0.3, -0.25) is 9.59 Å². The zero-order valence-corrected chi connectivity index (χ0v) is 14.1. The molecule has 2 rings (SSSR count). The number of hydrogen-bond acceptors (Lipinski definition) is 2. The standard InChI is InChI=1S/C19H21FN2O2/c1-13-8-9-14(2)17(12-13)21-19(24)10-11-22(15(3)23)18-7-5-4-6-16(18)20/h4-9,12H,10-11H2,1-3H3,(H,21,24). The van der Waals surface area contributed by atoms with Crippen molar-refractivity contribution in [2.75, 3.05) is 16.8 Å². The molecule has 0 fully saturated rings. The molecule has 1 N–H and O–H groups in total. The highest BCUT2D eigenvalue weighted by Gasteiger charge is 2.16. The Bertz CT molecular complexity index is 759.